The van der Waals surface area contributed by atoms with E-state index in [1.54, 1.807) is 38.1 Å². The minimum Gasteiger partial charge on any atom is -0.494 e. The average molecular weight is 517 g/mol. The fourth-order valence-corrected chi connectivity index (χ4v) is 4.65. The van der Waals surface area contributed by atoms with Crippen LogP contribution in [-0.2, 0) is 32.8 Å². The monoisotopic (exact) mass is 516 g/mol. The van der Waals surface area contributed by atoms with Crippen LogP contribution in [0.1, 0.15) is 59.4 Å². The van der Waals surface area contributed by atoms with Gasteiger partial charge in [0.25, 0.3) is 0 Å². The second-order valence-electron chi connectivity index (χ2n) is 8.15. The van der Waals surface area contributed by atoms with Crippen LogP contribution in [0, 0.1) is 0 Å². The summed E-state index contributed by atoms with van der Waals surface area (Å²) in [6.07, 6.45) is 1.22. The molecule has 0 radical (unpaired) electrons. The number of amidine groups is 1. The number of carbonyl (C=O) groups is 2. The van der Waals surface area contributed by atoms with Gasteiger partial charge in [0.1, 0.15) is 11.4 Å². The van der Waals surface area contributed by atoms with Gasteiger partial charge in [-0.05, 0) is 58.4 Å². The molecule has 0 bridgehead atoms. The van der Waals surface area contributed by atoms with Gasteiger partial charge in [-0.25, -0.2) is 0 Å². The van der Waals surface area contributed by atoms with Crippen molar-refractivity contribution in [2.45, 2.75) is 65.1 Å². The lowest BCUT2D eigenvalue weighted by atomic mass is 10.1. The number of oxime groups is 1. The highest BCUT2D eigenvalue weighted by molar-refractivity contribution is 7.55. The van der Waals surface area contributed by atoms with Gasteiger partial charge in [-0.3, -0.25) is 14.2 Å². The van der Waals surface area contributed by atoms with E-state index in [4.69, 9.17) is 29.1 Å². The van der Waals surface area contributed by atoms with Gasteiger partial charge in [0.05, 0.1) is 26.2 Å². The quantitative estimate of drug-likeness (QED) is 0.0776. The Hall–Kier alpha value is -2.62. The molecule has 198 valence electrons. The van der Waals surface area contributed by atoms with Crippen molar-refractivity contribution in [1.29, 1.82) is 0 Å². The van der Waals surface area contributed by atoms with Crippen LogP contribution in [-0.4, -0.2) is 60.6 Å². The first-order valence-corrected chi connectivity index (χ1v) is 13.1. The largest absolute Gasteiger partial charge is 0.494 e. The Kier molecular flexibility index (Phi) is 12.8. The van der Waals surface area contributed by atoms with Gasteiger partial charge in [0.15, 0.2) is 18.1 Å². The Morgan fingerprint density at radius 2 is 1.71 bits per heavy atom. The predicted molar refractivity (Wildman–Crippen MR) is 131 cm³/mol. The molecule has 1 atom stereocenters. The highest BCUT2D eigenvalue weighted by Gasteiger charge is 2.45. The van der Waals surface area contributed by atoms with E-state index in [0.717, 1.165) is 18.6 Å². The molecule has 3 N–H and O–H groups in total. The van der Waals surface area contributed by atoms with Crippen LogP contribution >= 0.6 is 7.60 Å². The first kappa shape index (κ1) is 30.4. The number of unbranched alkanes of at least 4 members (excludes halogenated alkanes) is 1. The zero-order valence-electron chi connectivity index (χ0n) is 21.0. The summed E-state index contributed by atoms with van der Waals surface area (Å²) in [5.41, 5.74) is 3.69. The Morgan fingerprint density at radius 3 is 2.23 bits per heavy atom. The summed E-state index contributed by atoms with van der Waals surface area (Å²) in [4.78, 5) is 29.4. The van der Waals surface area contributed by atoms with Gasteiger partial charge >= 0.3 is 19.5 Å². The highest BCUT2D eigenvalue weighted by atomic mass is 31.2. The Morgan fingerprint density at radius 1 is 1.11 bits per heavy atom. The second-order valence-corrected chi connectivity index (χ2v) is 10.4. The van der Waals surface area contributed by atoms with Crippen molar-refractivity contribution in [1.82, 2.24) is 0 Å². The van der Waals surface area contributed by atoms with Crippen LogP contribution in [0.25, 0.3) is 0 Å². The molecule has 35 heavy (non-hydrogen) atoms. The van der Waals surface area contributed by atoms with E-state index in [0.29, 0.717) is 12.2 Å². The number of nitrogens with zero attached hydrogens (tertiary/aromatic N) is 1. The molecule has 12 heteroatoms. The summed E-state index contributed by atoms with van der Waals surface area (Å²) in [5, 5.41) is 13.1. The van der Waals surface area contributed by atoms with Gasteiger partial charge in [-0.1, -0.05) is 18.5 Å². The third-order valence-electron chi connectivity index (χ3n) is 4.51. The van der Waals surface area contributed by atoms with Crippen LogP contribution in [0.3, 0.4) is 0 Å². The van der Waals surface area contributed by atoms with Crippen LogP contribution in [0.5, 0.6) is 5.75 Å². The molecule has 0 spiro atoms. The van der Waals surface area contributed by atoms with Crippen molar-refractivity contribution in [3.8, 4) is 5.75 Å². The molecule has 0 saturated carbocycles. The lowest BCUT2D eigenvalue weighted by molar-refractivity contribution is -0.163. The molecule has 0 aliphatic rings. The SMILES string of the molecule is CCCCOc1ccc(C(N)=NOCC(C)(C)OC(=O)C(CC(=O)O)P(=O)(OCC)OCC)cc1. The van der Waals surface area contributed by atoms with Gasteiger partial charge in [-0.15, -0.1) is 0 Å². The Labute approximate surface area is 206 Å². The number of aliphatic carboxylic acids is 1. The predicted octanol–water partition coefficient (Wildman–Crippen LogP) is 3.93. The molecule has 1 unspecified atom stereocenters. The van der Waals surface area contributed by atoms with Gasteiger partial charge in [0.2, 0.25) is 0 Å². The Balaban J connectivity index is 2.81. The number of esters is 1. The maximum Gasteiger partial charge on any atom is 0.345 e. The molecule has 0 fully saturated rings. The zero-order valence-corrected chi connectivity index (χ0v) is 21.9. The van der Waals surface area contributed by atoms with Crippen LogP contribution in [0.2, 0.25) is 0 Å². The lowest BCUT2D eigenvalue weighted by Crippen LogP contribution is -2.38. The first-order chi connectivity index (χ1) is 16.5. The normalized spacial score (nSPS) is 13.2. The molecule has 1 rings (SSSR count). The molecular formula is C23H37N2O9P. The van der Waals surface area contributed by atoms with E-state index in [1.807, 2.05) is 0 Å². The number of benzene rings is 1. The number of hydrogen-bond acceptors (Lipinski definition) is 9. The fourth-order valence-electron chi connectivity index (χ4n) is 2.80. The summed E-state index contributed by atoms with van der Waals surface area (Å²) >= 11 is 0. The lowest BCUT2D eigenvalue weighted by Gasteiger charge is -2.29. The molecule has 0 aromatic heterocycles. The van der Waals surface area contributed by atoms with E-state index in [2.05, 4.69) is 12.1 Å². The summed E-state index contributed by atoms with van der Waals surface area (Å²) in [7, 11) is -4.07. The smallest absolute Gasteiger partial charge is 0.345 e. The van der Waals surface area contributed by atoms with Crippen LogP contribution in [0.15, 0.2) is 29.4 Å². The molecule has 0 aliphatic carbocycles. The molecule has 0 aliphatic heterocycles. The van der Waals surface area contributed by atoms with Crippen molar-refractivity contribution in [3.63, 3.8) is 0 Å². The Bertz CT molecular complexity index is 877. The highest BCUT2D eigenvalue weighted by Crippen LogP contribution is 2.54. The summed E-state index contributed by atoms with van der Waals surface area (Å²) in [5.74, 6) is -1.56. The topological polar surface area (TPSA) is 156 Å². The number of hydrogen-bond donors (Lipinski definition) is 2. The van der Waals surface area contributed by atoms with Gasteiger partial charge in [-0.2, -0.15) is 0 Å². The van der Waals surface area contributed by atoms with Gasteiger partial charge < -0.3 is 34.2 Å². The van der Waals surface area contributed by atoms with Crippen molar-refractivity contribution in [2.75, 3.05) is 26.4 Å². The standard InChI is InChI=1S/C23H37N2O9P/c1-6-9-14-30-18-12-10-17(11-13-18)21(24)25-31-16-23(4,5)34-22(28)19(15-20(26)27)35(29,32-7-2)33-8-3/h10-13,19H,6-9,14-16H2,1-5H3,(H2,24,25)(H,26,27). The third kappa shape index (κ3) is 10.7. The average Bonchev–Trinajstić information content (AvgIpc) is 2.77. The number of rotatable bonds is 17. The molecule has 0 amide bonds. The maximum atomic E-state index is 13.0. The van der Waals surface area contributed by atoms with Gasteiger partial charge in [0, 0.05) is 5.56 Å². The minimum atomic E-state index is -4.07. The zero-order chi connectivity index (χ0) is 26.5. The maximum absolute atomic E-state index is 13.0. The molecule has 0 saturated heterocycles. The molecule has 1 aromatic rings. The molecular weight excluding hydrogens is 479 g/mol. The van der Waals surface area contributed by atoms with Crippen LogP contribution < -0.4 is 10.5 Å². The summed E-state index contributed by atoms with van der Waals surface area (Å²) in [6, 6.07) is 7.03. The first-order valence-electron chi connectivity index (χ1n) is 11.5. The fraction of sp³-hybridized carbons (Fsp3) is 0.609. The van der Waals surface area contributed by atoms with Crippen molar-refractivity contribution in [3.05, 3.63) is 29.8 Å². The number of carboxylic acid groups (broad SMARTS) is 1. The van der Waals surface area contributed by atoms with Crippen molar-refractivity contribution < 1.29 is 42.6 Å². The van der Waals surface area contributed by atoms with Crippen molar-refractivity contribution >= 4 is 25.4 Å². The van der Waals surface area contributed by atoms with E-state index in [1.165, 1.54) is 13.8 Å². The number of carbonyl (C=O) groups excluding carboxylic acids is 1. The second kappa shape index (κ2) is 14.7. The molecule has 0 heterocycles. The number of nitrogens with two attached hydrogens (primary N) is 1. The third-order valence-corrected chi connectivity index (χ3v) is 6.90. The van der Waals surface area contributed by atoms with E-state index in [-0.39, 0.29) is 25.7 Å². The van der Waals surface area contributed by atoms with E-state index < -0.39 is 37.2 Å². The van der Waals surface area contributed by atoms with E-state index in [9.17, 15) is 19.3 Å². The summed E-state index contributed by atoms with van der Waals surface area (Å²) < 4.78 is 34.4. The molecule has 1 aromatic carbocycles. The minimum absolute atomic E-state index is 0.0347. The van der Waals surface area contributed by atoms with E-state index >= 15 is 0 Å². The molecule has 11 nitrogen and oxygen atoms in total. The van der Waals surface area contributed by atoms with Crippen molar-refractivity contribution in [2.24, 2.45) is 10.9 Å². The number of ether oxygens (including phenoxy) is 2. The number of carboxylic acids is 1. The van der Waals surface area contributed by atoms with Crippen LogP contribution in [0.4, 0.5) is 0 Å². The summed E-state index contributed by atoms with van der Waals surface area (Å²) in [6.45, 7) is 8.62.